The first-order valence-electron chi connectivity index (χ1n) is 7.86. The van der Waals surface area contributed by atoms with E-state index in [1.807, 2.05) is 0 Å². The first kappa shape index (κ1) is 17.0. The minimum absolute atomic E-state index is 0.00348. The summed E-state index contributed by atoms with van der Waals surface area (Å²) in [6.45, 7) is 6.36. The zero-order valence-electron chi connectivity index (χ0n) is 14.2. The fourth-order valence-corrected chi connectivity index (χ4v) is 2.54. The SMILES string of the molecule is COc1ccc(NC(=O)CC(c2ccc(C)cc2)C(C)C)cn1. The van der Waals surface area contributed by atoms with Crippen molar-refractivity contribution < 1.29 is 9.53 Å². The van der Waals surface area contributed by atoms with Crippen LogP contribution in [0.4, 0.5) is 5.69 Å². The number of nitrogens with one attached hydrogen (secondary N) is 1. The molecule has 0 spiro atoms. The number of aryl methyl sites for hydroxylation is 1. The van der Waals surface area contributed by atoms with Crippen LogP contribution >= 0.6 is 0 Å². The van der Waals surface area contributed by atoms with E-state index < -0.39 is 0 Å². The Morgan fingerprint density at radius 2 is 1.87 bits per heavy atom. The molecule has 0 aliphatic carbocycles. The monoisotopic (exact) mass is 312 g/mol. The number of anilines is 1. The van der Waals surface area contributed by atoms with Crippen molar-refractivity contribution in [3.05, 3.63) is 53.7 Å². The highest BCUT2D eigenvalue weighted by molar-refractivity contribution is 5.91. The zero-order valence-corrected chi connectivity index (χ0v) is 14.2. The number of methoxy groups -OCH3 is 1. The molecule has 1 aromatic heterocycles. The van der Waals surface area contributed by atoms with E-state index in [-0.39, 0.29) is 11.8 Å². The number of nitrogens with zero attached hydrogens (tertiary/aromatic N) is 1. The van der Waals surface area contributed by atoms with Crippen LogP contribution in [-0.2, 0) is 4.79 Å². The topological polar surface area (TPSA) is 51.2 Å². The van der Waals surface area contributed by atoms with E-state index in [9.17, 15) is 4.79 Å². The molecule has 4 heteroatoms. The number of aromatic nitrogens is 1. The molecule has 1 N–H and O–H groups in total. The van der Waals surface area contributed by atoms with Gasteiger partial charge in [0.25, 0.3) is 0 Å². The van der Waals surface area contributed by atoms with Crippen molar-refractivity contribution in [2.24, 2.45) is 5.92 Å². The summed E-state index contributed by atoms with van der Waals surface area (Å²) in [4.78, 5) is 16.4. The summed E-state index contributed by atoms with van der Waals surface area (Å²) >= 11 is 0. The molecule has 0 radical (unpaired) electrons. The largest absolute Gasteiger partial charge is 0.481 e. The van der Waals surface area contributed by atoms with Gasteiger partial charge in [0.05, 0.1) is 19.0 Å². The second kappa shape index (κ2) is 7.77. The molecule has 122 valence electrons. The van der Waals surface area contributed by atoms with Crippen molar-refractivity contribution in [2.75, 3.05) is 12.4 Å². The molecule has 0 aliphatic heterocycles. The highest BCUT2D eigenvalue weighted by atomic mass is 16.5. The van der Waals surface area contributed by atoms with Gasteiger partial charge in [0.1, 0.15) is 0 Å². The van der Waals surface area contributed by atoms with Crippen LogP contribution in [-0.4, -0.2) is 18.0 Å². The van der Waals surface area contributed by atoms with Gasteiger partial charge in [-0.3, -0.25) is 4.79 Å². The van der Waals surface area contributed by atoms with Gasteiger partial charge in [-0.15, -0.1) is 0 Å². The van der Waals surface area contributed by atoms with E-state index in [0.717, 1.165) is 0 Å². The summed E-state index contributed by atoms with van der Waals surface area (Å²) in [7, 11) is 1.56. The third-order valence-electron chi connectivity index (χ3n) is 3.94. The molecule has 1 amide bonds. The molecule has 0 fully saturated rings. The molecular formula is C19H24N2O2. The molecule has 0 saturated carbocycles. The number of benzene rings is 1. The summed E-state index contributed by atoms with van der Waals surface area (Å²) < 4.78 is 5.01. The minimum atomic E-state index is -0.00348. The molecule has 1 aromatic carbocycles. The minimum Gasteiger partial charge on any atom is -0.481 e. The van der Waals surface area contributed by atoms with Gasteiger partial charge in [-0.1, -0.05) is 43.7 Å². The van der Waals surface area contributed by atoms with Gasteiger partial charge in [-0.2, -0.15) is 0 Å². The molecule has 2 rings (SSSR count). The smallest absolute Gasteiger partial charge is 0.225 e. The summed E-state index contributed by atoms with van der Waals surface area (Å²) in [5.41, 5.74) is 3.11. The van der Waals surface area contributed by atoms with Gasteiger partial charge in [-0.05, 0) is 30.4 Å². The lowest BCUT2D eigenvalue weighted by Crippen LogP contribution is -2.18. The van der Waals surface area contributed by atoms with Crippen LogP contribution in [0.3, 0.4) is 0 Å². The Kier molecular flexibility index (Phi) is 5.74. The normalized spacial score (nSPS) is 12.0. The maximum atomic E-state index is 12.4. The number of carbonyl (C=O) groups excluding carboxylic acids is 1. The lowest BCUT2D eigenvalue weighted by molar-refractivity contribution is -0.116. The third kappa shape index (κ3) is 4.81. The van der Waals surface area contributed by atoms with Crippen LogP contribution in [0, 0.1) is 12.8 Å². The average molecular weight is 312 g/mol. The number of carbonyl (C=O) groups is 1. The molecule has 0 bridgehead atoms. The number of hydrogen-bond acceptors (Lipinski definition) is 3. The second-order valence-electron chi connectivity index (χ2n) is 6.10. The molecule has 1 unspecified atom stereocenters. The van der Waals surface area contributed by atoms with Gasteiger partial charge >= 0.3 is 0 Å². The summed E-state index contributed by atoms with van der Waals surface area (Å²) in [6.07, 6.45) is 2.06. The van der Waals surface area contributed by atoms with E-state index in [1.165, 1.54) is 11.1 Å². The Bertz CT molecular complexity index is 633. The van der Waals surface area contributed by atoms with Crippen LogP contribution in [0.15, 0.2) is 42.6 Å². The average Bonchev–Trinajstić information content (AvgIpc) is 2.54. The van der Waals surface area contributed by atoms with Crippen LogP contribution in [0.25, 0.3) is 0 Å². The molecule has 4 nitrogen and oxygen atoms in total. The van der Waals surface area contributed by atoms with Crippen molar-refractivity contribution >= 4 is 11.6 Å². The predicted octanol–water partition coefficient (Wildman–Crippen LogP) is 4.17. The fraction of sp³-hybridized carbons (Fsp3) is 0.368. The highest BCUT2D eigenvalue weighted by Crippen LogP contribution is 2.28. The van der Waals surface area contributed by atoms with E-state index in [4.69, 9.17) is 4.74 Å². The fourth-order valence-electron chi connectivity index (χ4n) is 2.54. The third-order valence-corrected chi connectivity index (χ3v) is 3.94. The summed E-state index contributed by atoms with van der Waals surface area (Å²) in [5.74, 6) is 1.11. The van der Waals surface area contributed by atoms with E-state index in [1.54, 1.807) is 25.4 Å². The molecule has 2 aromatic rings. The molecule has 1 heterocycles. The van der Waals surface area contributed by atoms with Crippen LogP contribution in [0.5, 0.6) is 5.88 Å². The van der Waals surface area contributed by atoms with Crippen molar-refractivity contribution in [3.8, 4) is 5.88 Å². The Morgan fingerprint density at radius 3 is 2.39 bits per heavy atom. The molecule has 0 saturated heterocycles. The summed E-state index contributed by atoms with van der Waals surface area (Å²) in [6, 6.07) is 11.9. The lowest BCUT2D eigenvalue weighted by Gasteiger charge is -2.21. The zero-order chi connectivity index (χ0) is 16.8. The Morgan fingerprint density at radius 1 is 1.17 bits per heavy atom. The Hall–Kier alpha value is -2.36. The summed E-state index contributed by atoms with van der Waals surface area (Å²) in [5, 5.41) is 2.90. The first-order valence-corrected chi connectivity index (χ1v) is 7.86. The Labute approximate surface area is 137 Å². The van der Waals surface area contributed by atoms with E-state index in [0.29, 0.717) is 23.9 Å². The molecular weight excluding hydrogens is 288 g/mol. The van der Waals surface area contributed by atoms with Crippen LogP contribution < -0.4 is 10.1 Å². The maximum Gasteiger partial charge on any atom is 0.225 e. The molecule has 0 aliphatic rings. The lowest BCUT2D eigenvalue weighted by atomic mass is 9.85. The van der Waals surface area contributed by atoms with Crippen LogP contribution in [0.2, 0.25) is 0 Å². The molecule has 1 atom stereocenters. The van der Waals surface area contributed by atoms with Gasteiger partial charge in [0.15, 0.2) is 0 Å². The number of amides is 1. The number of rotatable bonds is 6. The van der Waals surface area contributed by atoms with Gasteiger partial charge in [0.2, 0.25) is 11.8 Å². The predicted molar refractivity (Wildman–Crippen MR) is 92.8 cm³/mol. The van der Waals surface area contributed by atoms with Crippen molar-refractivity contribution in [1.82, 2.24) is 4.98 Å². The number of pyridine rings is 1. The second-order valence-corrected chi connectivity index (χ2v) is 6.10. The van der Waals surface area contributed by atoms with E-state index in [2.05, 4.69) is 55.3 Å². The number of ether oxygens (including phenoxy) is 1. The van der Waals surface area contributed by atoms with Crippen LogP contribution in [0.1, 0.15) is 37.3 Å². The van der Waals surface area contributed by atoms with E-state index >= 15 is 0 Å². The maximum absolute atomic E-state index is 12.4. The van der Waals surface area contributed by atoms with Gasteiger partial charge in [0, 0.05) is 12.5 Å². The molecule has 23 heavy (non-hydrogen) atoms. The van der Waals surface area contributed by atoms with Crippen molar-refractivity contribution in [3.63, 3.8) is 0 Å². The van der Waals surface area contributed by atoms with Crippen molar-refractivity contribution in [2.45, 2.75) is 33.1 Å². The highest BCUT2D eigenvalue weighted by Gasteiger charge is 2.19. The van der Waals surface area contributed by atoms with Crippen molar-refractivity contribution in [1.29, 1.82) is 0 Å². The van der Waals surface area contributed by atoms with Gasteiger partial charge < -0.3 is 10.1 Å². The standard InChI is InChI=1S/C19H24N2O2/c1-13(2)17(15-7-5-14(3)6-8-15)11-18(22)21-16-9-10-19(23-4)20-12-16/h5-10,12-13,17H,11H2,1-4H3,(H,21,22). The Balaban J connectivity index is 2.04. The first-order chi connectivity index (χ1) is 11.0. The number of hydrogen-bond donors (Lipinski definition) is 1. The van der Waals surface area contributed by atoms with Gasteiger partial charge in [-0.25, -0.2) is 4.98 Å². The quantitative estimate of drug-likeness (QED) is 0.871.